The SMILES string of the molecule is COCCOCCOCCOCCOCCOCCOCCOCCOCCOCCOCCOCCC(=O)NCCCC[C@H](NC(=O)OCC1c2ccccc2-c2ccccc21)C(=O)O. The highest BCUT2D eigenvalue weighted by Gasteiger charge is 2.29. The number of ether oxygens (including phenoxy) is 13. The van der Waals surface area contributed by atoms with E-state index in [0.717, 1.165) is 22.3 Å². The third-order valence-electron chi connectivity index (χ3n) is 9.80. The number of fused-ring (bicyclic) bond motifs is 3. The summed E-state index contributed by atoms with van der Waals surface area (Å²) in [4.78, 5) is 36.6. The largest absolute Gasteiger partial charge is 0.480 e. The summed E-state index contributed by atoms with van der Waals surface area (Å²) in [5, 5.41) is 14.9. The molecule has 1 aliphatic carbocycles. The Morgan fingerprint density at radius 3 is 1.26 bits per heavy atom. The predicted molar refractivity (Wildman–Crippen MR) is 242 cm³/mol. The molecule has 2 amide bonds. The molecule has 0 saturated heterocycles. The number of nitrogens with one attached hydrogen (secondary N) is 2. The van der Waals surface area contributed by atoms with Gasteiger partial charge in [0.05, 0.1) is 152 Å². The second-order valence-corrected chi connectivity index (χ2v) is 14.7. The first-order chi connectivity index (χ1) is 32.5. The maximum absolute atomic E-state index is 12.6. The third-order valence-corrected chi connectivity index (χ3v) is 9.80. The minimum atomic E-state index is -1.14. The van der Waals surface area contributed by atoms with Gasteiger partial charge in [0.1, 0.15) is 12.6 Å². The van der Waals surface area contributed by atoms with E-state index in [1.54, 1.807) is 7.11 Å². The van der Waals surface area contributed by atoms with Crippen LogP contribution in [0.15, 0.2) is 48.5 Å². The average Bonchev–Trinajstić information content (AvgIpc) is 3.64. The smallest absolute Gasteiger partial charge is 0.407 e. The van der Waals surface area contributed by atoms with E-state index in [1.807, 2.05) is 48.5 Å². The van der Waals surface area contributed by atoms with Crippen molar-refractivity contribution in [2.24, 2.45) is 0 Å². The highest BCUT2D eigenvalue weighted by Crippen LogP contribution is 2.44. The fourth-order valence-electron chi connectivity index (χ4n) is 6.44. The lowest BCUT2D eigenvalue weighted by molar-refractivity contribution is -0.139. The molecule has 19 nitrogen and oxygen atoms in total. The van der Waals surface area contributed by atoms with E-state index in [2.05, 4.69) is 10.6 Å². The monoisotopic (exact) mass is 938 g/mol. The molecule has 66 heavy (non-hydrogen) atoms. The number of carboxylic acid groups (broad SMARTS) is 1. The summed E-state index contributed by atoms with van der Waals surface area (Å²) in [6.45, 7) is 11.3. The first-order valence-corrected chi connectivity index (χ1v) is 23.0. The van der Waals surface area contributed by atoms with Crippen molar-refractivity contribution >= 4 is 18.0 Å². The molecule has 0 spiro atoms. The molecule has 0 fully saturated rings. The fourth-order valence-corrected chi connectivity index (χ4v) is 6.44. The minimum Gasteiger partial charge on any atom is -0.480 e. The Hall–Kier alpha value is -3.83. The molecule has 19 heteroatoms. The lowest BCUT2D eigenvalue weighted by Crippen LogP contribution is -2.41. The zero-order chi connectivity index (χ0) is 47.0. The molecule has 3 rings (SSSR count). The van der Waals surface area contributed by atoms with Crippen molar-refractivity contribution in [2.75, 3.05) is 172 Å². The van der Waals surface area contributed by atoms with Gasteiger partial charge in [-0.2, -0.15) is 0 Å². The van der Waals surface area contributed by atoms with Gasteiger partial charge in [0.25, 0.3) is 0 Å². The van der Waals surface area contributed by atoms with Crippen LogP contribution in [-0.2, 0) is 71.2 Å². The highest BCUT2D eigenvalue weighted by molar-refractivity contribution is 5.81. The second kappa shape index (κ2) is 39.2. The van der Waals surface area contributed by atoms with E-state index in [9.17, 15) is 19.5 Å². The van der Waals surface area contributed by atoms with Crippen molar-refractivity contribution in [2.45, 2.75) is 37.6 Å². The van der Waals surface area contributed by atoms with Crippen LogP contribution in [0.1, 0.15) is 42.7 Å². The Bertz CT molecular complexity index is 1490. The maximum Gasteiger partial charge on any atom is 0.407 e. The number of hydrogen-bond donors (Lipinski definition) is 3. The van der Waals surface area contributed by atoms with Crippen LogP contribution in [0.2, 0.25) is 0 Å². The number of carbonyl (C=O) groups excluding carboxylic acids is 2. The van der Waals surface area contributed by atoms with Crippen molar-refractivity contribution in [3.8, 4) is 11.1 Å². The number of methoxy groups -OCH3 is 1. The Kier molecular flexibility index (Phi) is 33.5. The van der Waals surface area contributed by atoms with Gasteiger partial charge in [-0.15, -0.1) is 0 Å². The van der Waals surface area contributed by atoms with Crippen LogP contribution in [0.4, 0.5) is 4.79 Å². The molecule has 374 valence electrons. The first kappa shape index (κ1) is 56.5. The number of aliphatic carboxylic acids is 1. The number of unbranched alkanes of at least 4 members (excludes halogenated alkanes) is 1. The van der Waals surface area contributed by atoms with Crippen LogP contribution >= 0.6 is 0 Å². The van der Waals surface area contributed by atoms with Gasteiger partial charge >= 0.3 is 12.1 Å². The number of alkyl carbamates (subject to hydrolysis) is 1. The van der Waals surface area contributed by atoms with Crippen LogP contribution in [-0.4, -0.2) is 201 Å². The van der Waals surface area contributed by atoms with E-state index in [0.29, 0.717) is 165 Å². The average molecular weight is 939 g/mol. The Labute approximate surface area is 389 Å². The second-order valence-electron chi connectivity index (χ2n) is 14.7. The van der Waals surface area contributed by atoms with Gasteiger partial charge < -0.3 is 77.3 Å². The molecule has 1 aliphatic rings. The van der Waals surface area contributed by atoms with Crippen molar-refractivity contribution in [1.82, 2.24) is 10.6 Å². The van der Waals surface area contributed by atoms with Gasteiger partial charge in [-0.25, -0.2) is 9.59 Å². The summed E-state index contributed by atoms with van der Waals surface area (Å²) >= 11 is 0. The number of hydrogen-bond acceptors (Lipinski definition) is 16. The van der Waals surface area contributed by atoms with Gasteiger partial charge in [-0.05, 0) is 41.5 Å². The normalized spacial score (nSPS) is 12.5. The summed E-state index contributed by atoms with van der Waals surface area (Å²) in [5.41, 5.74) is 4.37. The number of carbonyl (C=O) groups is 3. The molecule has 1 atom stereocenters. The van der Waals surface area contributed by atoms with Crippen molar-refractivity contribution in [1.29, 1.82) is 0 Å². The van der Waals surface area contributed by atoms with Crippen molar-refractivity contribution < 1.29 is 81.1 Å². The number of carboxylic acids is 1. The zero-order valence-electron chi connectivity index (χ0n) is 38.8. The summed E-state index contributed by atoms with van der Waals surface area (Å²) in [6.07, 6.45) is 0.656. The quantitative estimate of drug-likeness (QED) is 0.0811. The first-order valence-electron chi connectivity index (χ1n) is 23.0. The maximum atomic E-state index is 12.6. The molecular weight excluding hydrogens is 865 g/mol. The van der Waals surface area contributed by atoms with Crippen LogP contribution in [0.3, 0.4) is 0 Å². The predicted octanol–water partition coefficient (Wildman–Crippen LogP) is 3.48. The lowest BCUT2D eigenvalue weighted by Gasteiger charge is -2.17. The zero-order valence-corrected chi connectivity index (χ0v) is 38.8. The molecule has 0 heterocycles. The summed E-state index contributed by atoms with van der Waals surface area (Å²) in [7, 11) is 1.64. The Morgan fingerprint density at radius 2 is 0.879 bits per heavy atom. The van der Waals surface area contributed by atoms with E-state index >= 15 is 0 Å². The Morgan fingerprint density at radius 1 is 0.515 bits per heavy atom. The Balaban J connectivity index is 0.981. The van der Waals surface area contributed by atoms with Gasteiger partial charge in [0, 0.05) is 26.0 Å². The minimum absolute atomic E-state index is 0.0976. The third kappa shape index (κ3) is 27.1. The highest BCUT2D eigenvalue weighted by atomic mass is 16.6. The van der Waals surface area contributed by atoms with Gasteiger partial charge in [-0.1, -0.05) is 48.5 Å². The van der Waals surface area contributed by atoms with Crippen LogP contribution < -0.4 is 10.6 Å². The van der Waals surface area contributed by atoms with Crippen molar-refractivity contribution in [3.63, 3.8) is 0 Å². The van der Waals surface area contributed by atoms with Crippen LogP contribution in [0.5, 0.6) is 0 Å². The lowest BCUT2D eigenvalue weighted by atomic mass is 9.98. The molecular formula is C47H74N2O17. The van der Waals surface area contributed by atoms with Gasteiger partial charge in [0.2, 0.25) is 5.91 Å². The van der Waals surface area contributed by atoms with E-state index < -0.39 is 18.1 Å². The fraction of sp³-hybridized carbons (Fsp3) is 0.681. The summed E-state index contributed by atoms with van der Waals surface area (Å²) < 4.78 is 70.5. The van der Waals surface area contributed by atoms with Crippen molar-refractivity contribution in [3.05, 3.63) is 59.7 Å². The van der Waals surface area contributed by atoms with Gasteiger partial charge in [0.15, 0.2) is 0 Å². The summed E-state index contributed by atoms with van der Waals surface area (Å²) in [5.74, 6) is -1.43. The number of benzene rings is 2. The summed E-state index contributed by atoms with van der Waals surface area (Å²) in [6, 6.07) is 14.9. The number of amides is 2. The van der Waals surface area contributed by atoms with E-state index in [4.69, 9.17) is 61.6 Å². The van der Waals surface area contributed by atoms with Crippen LogP contribution in [0, 0.1) is 0 Å². The molecule has 3 N–H and O–H groups in total. The van der Waals surface area contributed by atoms with E-state index in [1.165, 1.54) is 0 Å². The molecule has 2 aromatic rings. The molecule has 0 radical (unpaired) electrons. The topological polar surface area (TPSA) is 215 Å². The molecule has 0 saturated carbocycles. The molecule has 0 unspecified atom stereocenters. The molecule has 0 aromatic heterocycles. The molecule has 0 bridgehead atoms. The molecule has 2 aromatic carbocycles. The molecule has 0 aliphatic heterocycles. The number of rotatable bonds is 45. The van der Waals surface area contributed by atoms with E-state index in [-0.39, 0.29) is 37.9 Å². The standard InChI is InChI=1S/C47H74N2O17/c1-54-16-17-56-20-21-58-24-25-60-28-29-62-32-33-64-36-37-65-35-34-63-31-30-61-27-26-59-23-22-57-19-18-55-15-13-45(50)48-14-7-6-12-44(46(51)52)49-47(53)66-38-43-41-10-4-2-8-39(41)40-9-3-5-11-42(40)43/h2-5,8-11,43-44H,6-7,12-38H2,1H3,(H,48,50)(H,49,53)(H,51,52)/t44-/m0/s1. The van der Waals surface area contributed by atoms with Gasteiger partial charge in [-0.3, -0.25) is 4.79 Å². The van der Waals surface area contributed by atoms with Crippen LogP contribution in [0.25, 0.3) is 11.1 Å².